The molecule has 0 saturated heterocycles. The zero-order valence-corrected chi connectivity index (χ0v) is 11.5. The fraction of sp³-hybridized carbons (Fsp3) is 0.286. The summed E-state index contributed by atoms with van der Waals surface area (Å²) in [5.74, 6) is -0.118. The maximum Gasteiger partial charge on any atom is 0.342 e. The number of benzene rings is 1. The Morgan fingerprint density at radius 3 is 2.85 bits per heavy atom. The van der Waals surface area contributed by atoms with Gasteiger partial charge in [0.25, 0.3) is 0 Å². The van der Waals surface area contributed by atoms with Gasteiger partial charge in [-0.3, -0.25) is 4.68 Å². The maximum atomic E-state index is 12.1. The number of nitrogen functional groups attached to an aromatic ring is 1. The largest absolute Gasteiger partial charge is 0.491 e. The smallest absolute Gasteiger partial charge is 0.342 e. The molecule has 0 saturated carbocycles. The predicted octanol–water partition coefficient (Wildman–Crippen LogP) is 1.76. The minimum Gasteiger partial charge on any atom is -0.491 e. The fourth-order valence-electron chi connectivity index (χ4n) is 1.78. The first kappa shape index (κ1) is 13.9. The number of rotatable bonds is 5. The summed E-state index contributed by atoms with van der Waals surface area (Å²) in [7, 11) is 1.80. The van der Waals surface area contributed by atoms with Crippen molar-refractivity contribution in [3.8, 4) is 5.75 Å². The first-order valence-electron chi connectivity index (χ1n) is 6.28. The molecule has 0 aliphatic rings. The van der Waals surface area contributed by atoms with Crippen LogP contribution < -0.4 is 10.5 Å². The van der Waals surface area contributed by atoms with Crippen LogP contribution in [0.25, 0.3) is 0 Å². The van der Waals surface area contributed by atoms with Crippen LogP contribution in [0.1, 0.15) is 23.0 Å². The van der Waals surface area contributed by atoms with Crippen molar-refractivity contribution < 1.29 is 14.3 Å². The van der Waals surface area contributed by atoms with Crippen molar-refractivity contribution >= 4 is 11.7 Å². The molecule has 20 heavy (non-hydrogen) atoms. The van der Waals surface area contributed by atoms with Crippen molar-refractivity contribution in [1.82, 2.24) is 9.78 Å². The second-order valence-electron chi connectivity index (χ2n) is 4.21. The van der Waals surface area contributed by atoms with Crippen LogP contribution in [0.5, 0.6) is 5.75 Å². The number of nitrogens with two attached hydrogens (primary N) is 1. The van der Waals surface area contributed by atoms with Gasteiger partial charge in [-0.25, -0.2) is 4.79 Å². The molecule has 1 heterocycles. The number of carbonyl (C=O) groups excluding carboxylic acids is 1. The third-order valence-electron chi connectivity index (χ3n) is 2.67. The zero-order chi connectivity index (χ0) is 14.5. The number of carbonyl (C=O) groups is 1. The summed E-state index contributed by atoms with van der Waals surface area (Å²) < 4.78 is 12.3. The Bertz CT molecular complexity index is 607. The molecule has 0 atom stereocenters. The zero-order valence-electron chi connectivity index (χ0n) is 11.5. The van der Waals surface area contributed by atoms with Crippen molar-refractivity contribution in [2.75, 3.05) is 12.3 Å². The minimum atomic E-state index is -0.480. The highest BCUT2D eigenvalue weighted by Crippen LogP contribution is 2.27. The lowest BCUT2D eigenvalue weighted by Gasteiger charge is -2.11. The number of anilines is 1. The van der Waals surface area contributed by atoms with Crippen LogP contribution in [0.15, 0.2) is 30.5 Å². The number of ether oxygens (including phenoxy) is 2. The molecular formula is C14H17N3O3. The molecule has 6 heteroatoms. The highest BCUT2D eigenvalue weighted by Gasteiger charge is 2.16. The van der Waals surface area contributed by atoms with Crippen molar-refractivity contribution in [2.45, 2.75) is 13.5 Å². The molecule has 1 aromatic carbocycles. The van der Waals surface area contributed by atoms with E-state index < -0.39 is 5.97 Å². The molecule has 0 amide bonds. The molecule has 0 spiro atoms. The van der Waals surface area contributed by atoms with Gasteiger partial charge in [0.2, 0.25) is 0 Å². The molecule has 0 fully saturated rings. The summed E-state index contributed by atoms with van der Waals surface area (Å²) in [4.78, 5) is 12.1. The molecule has 2 N–H and O–H groups in total. The number of hydrogen-bond acceptors (Lipinski definition) is 5. The van der Waals surface area contributed by atoms with E-state index in [9.17, 15) is 4.79 Å². The SMILES string of the molecule is CCOc1c(N)cccc1C(=O)OCc1ccn(C)n1. The van der Waals surface area contributed by atoms with Crippen LogP contribution in [0.3, 0.4) is 0 Å². The Labute approximate surface area is 117 Å². The van der Waals surface area contributed by atoms with Gasteiger partial charge in [0.1, 0.15) is 12.2 Å². The normalized spacial score (nSPS) is 10.3. The van der Waals surface area contributed by atoms with E-state index in [0.717, 1.165) is 0 Å². The Hall–Kier alpha value is -2.50. The van der Waals surface area contributed by atoms with Gasteiger partial charge in [-0.05, 0) is 25.1 Å². The number of hydrogen-bond donors (Lipinski definition) is 1. The van der Waals surface area contributed by atoms with Crippen LogP contribution in [-0.4, -0.2) is 22.4 Å². The molecule has 106 valence electrons. The highest BCUT2D eigenvalue weighted by molar-refractivity contribution is 5.94. The van der Waals surface area contributed by atoms with Gasteiger partial charge >= 0.3 is 5.97 Å². The lowest BCUT2D eigenvalue weighted by Crippen LogP contribution is -2.10. The van der Waals surface area contributed by atoms with Crippen LogP contribution >= 0.6 is 0 Å². The van der Waals surface area contributed by atoms with Crippen LogP contribution in [0.4, 0.5) is 5.69 Å². The molecule has 6 nitrogen and oxygen atoms in total. The van der Waals surface area contributed by atoms with Gasteiger partial charge in [-0.15, -0.1) is 0 Å². The van der Waals surface area contributed by atoms with Gasteiger partial charge in [-0.2, -0.15) is 5.10 Å². The third kappa shape index (κ3) is 3.09. The second-order valence-corrected chi connectivity index (χ2v) is 4.21. The molecule has 0 unspecified atom stereocenters. The van der Waals surface area contributed by atoms with E-state index in [-0.39, 0.29) is 6.61 Å². The third-order valence-corrected chi connectivity index (χ3v) is 2.67. The number of aryl methyl sites for hydroxylation is 1. The van der Waals surface area contributed by atoms with Crippen molar-refractivity contribution in [2.24, 2.45) is 7.05 Å². The van der Waals surface area contributed by atoms with Crippen LogP contribution in [0, 0.1) is 0 Å². The highest BCUT2D eigenvalue weighted by atomic mass is 16.5. The van der Waals surface area contributed by atoms with E-state index in [1.165, 1.54) is 0 Å². The van der Waals surface area contributed by atoms with E-state index in [4.69, 9.17) is 15.2 Å². The van der Waals surface area contributed by atoms with Crippen molar-refractivity contribution in [1.29, 1.82) is 0 Å². The molecule has 0 radical (unpaired) electrons. The van der Waals surface area contributed by atoms with E-state index >= 15 is 0 Å². The summed E-state index contributed by atoms with van der Waals surface area (Å²) in [6.45, 7) is 2.37. The summed E-state index contributed by atoms with van der Waals surface area (Å²) in [6, 6.07) is 6.79. The lowest BCUT2D eigenvalue weighted by molar-refractivity contribution is 0.0463. The quantitative estimate of drug-likeness (QED) is 0.664. The molecule has 0 bridgehead atoms. The van der Waals surface area contributed by atoms with Gasteiger partial charge in [0.15, 0.2) is 5.75 Å². The predicted molar refractivity (Wildman–Crippen MR) is 74.4 cm³/mol. The minimum absolute atomic E-state index is 0.111. The molecule has 0 aliphatic heterocycles. The summed E-state index contributed by atoms with van der Waals surface area (Å²) in [5.41, 5.74) is 7.23. The lowest BCUT2D eigenvalue weighted by atomic mass is 10.1. The van der Waals surface area contributed by atoms with Crippen molar-refractivity contribution in [3.05, 3.63) is 41.7 Å². The van der Waals surface area contributed by atoms with Gasteiger partial charge in [0, 0.05) is 13.2 Å². The summed E-state index contributed by atoms with van der Waals surface area (Å²) in [5, 5.41) is 4.14. The van der Waals surface area contributed by atoms with E-state index in [1.54, 1.807) is 42.2 Å². The van der Waals surface area contributed by atoms with Gasteiger partial charge in [0.05, 0.1) is 18.0 Å². The number of aromatic nitrogens is 2. The number of para-hydroxylation sites is 1. The average molecular weight is 275 g/mol. The second kappa shape index (κ2) is 6.10. The monoisotopic (exact) mass is 275 g/mol. The molecule has 1 aromatic heterocycles. The summed E-state index contributed by atoms with van der Waals surface area (Å²) in [6.07, 6.45) is 1.79. The number of nitrogens with zero attached hydrogens (tertiary/aromatic N) is 2. The van der Waals surface area contributed by atoms with Crippen molar-refractivity contribution in [3.63, 3.8) is 0 Å². The Morgan fingerprint density at radius 1 is 1.40 bits per heavy atom. The van der Waals surface area contributed by atoms with Crippen LogP contribution in [0.2, 0.25) is 0 Å². The Morgan fingerprint density at radius 2 is 2.20 bits per heavy atom. The van der Waals surface area contributed by atoms with E-state index in [2.05, 4.69) is 5.10 Å². The van der Waals surface area contributed by atoms with Gasteiger partial charge < -0.3 is 15.2 Å². The average Bonchev–Trinajstić information content (AvgIpc) is 2.84. The standard InChI is InChI=1S/C14H17N3O3/c1-3-19-13-11(5-4-6-12(13)15)14(18)20-9-10-7-8-17(2)16-10/h4-8H,3,9,15H2,1-2H3. The molecule has 2 rings (SSSR count). The van der Waals surface area contributed by atoms with Crippen LogP contribution in [-0.2, 0) is 18.4 Å². The Kier molecular flexibility index (Phi) is 4.24. The fourth-order valence-corrected chi connectivity index (χ4v) is 1.78. The molecule has 2 aromatic rings. The number of esters is 1. The van der Waals surface area contributed by atoms with E-state index in [1.807, 2.05) is 6.92 Å². The van der Waals surface area contributed by atoms with Gasteiger partial charge in [-0.1, -0.05) is 6.07 Å². The Balaban J connectivity index is 2.10. The topological polar surface area (TPSA) is 79.4 Å². The summed E-state index contributed by atoms with van der Waals surface area (Å²) >= 11 is 0. The first-order chi connectivity index (χ1) is 9.61. The molecular weight excluding hydrogens is 258 g/mol. The molecule has 0 aliphatic carbocycles. The maximum absolute atomic E-state index is 12.1. The van der Waals surface area contributed by atoms with E-state index in [0.29, 0.717) is 29.3 Å². The first-order valence-corrected chi connectivity index (χ1v) is 6.28.